The molecule has 4 aromatic carbocycles. The van der Waals surface area contributed by atoms with Gasteiger partial charge in [0.05, 0.1) is 15.8 Å². The van der Waals surface area contributed by atoms with Gasteiger partial charge in [-0.1, -0.05) is 78.1 Å². The van der Waals surface area contributed by atoms with E-state index in [-0.39, 0.29) is 5.56 Å². The Bertz CT molecular complexity index is 2200. The number of para-hydroxylation sites is 2. The summed E-state index contributed by atoms with van der Waals surface area (Å²) < 4.78 is 8.90. The summed E-state index contributed by atoms with van der Waals surface area (Å²) >= 11 is 1.24. The number of nitrogens with zero attached hydrogens (tertiary/aromatic N) is 5. The molecule has 0 N–H and O–H groups in total. The van der Waals surface area contributed by atoms with E-state index >= 15 is 0 Å². The molecule has 0 atom stereocenters. The van der Waals surface area contributed by atoms with Crippen LogP contribution in [-0.4, -0.2) is 30.3 Å². The molecule has 0 radical (unpaired) electrons. The molecule has 7 aromatic rings. The molecule has 0 spiro atoms. The topological polar surface area (TPSA) is 91.4 Å². The summed E-state index contributed by atoms with van der Waals surface area (Å²) in [6.45, 7) is 1.33. The largest absolute Gasteiger partial charge is 0.426 e. The molecule has 198 valence electrons. The lowest BCUT2D eigenvalue weighted by Gasteiger charge is -2.04. The minimum atomic E-state index is -0.446. The number of carbonyl (C=O) groups is 1. The van der Waals surface area contributed by atoms with Gasteiger partial charge >= 0.3 is 5.97 Å². The first kappa shape index (κ1) is 24.6. The van der Waals surface area contributed by atoms with Crippen LogP contribution >= 0.6 is 11.3 Å². The third-order valence-electron chi connectivity index (χ3n) is 6.64. The van der Waals surface area contributed by atoms with Crippen molar-refractivity contribution >= 4 is 39.1 Å². The minimum absolute atomic E-state index is 0.286. The number of hydrogen-bond acceptors (Lipinski definition) is 7. The van der Waals surface area contributed by atoms with E-state index in [0.717, 1.165) is 33.3 Å². The first-order valence-electron chi connectivity index (χ1n) is 12.9. The van der Waals surface area contributed by atoms with Crippen LogP contribution in [0.4, 0.5) is 0 Å². The normalized spacial score (nSPS) is 11.9. The van der Waals surface area contributed by atoms with Gasteiger partial charge in [0.25, 0.3) is 5.56 Å². The molecule has 0 unspecified atom stereocenters. The molecule has 0 aliphatic rings. The van der Waals surface area contributed by atoms with Gasteiger partial charge in [0.2, 0.25) is 4.96 Å². The Labute approximate surface area is 237 Å². The lowest BCUT2D eigenvalue weighted by molar-refractivity contribution is -0.131. The molecule has 8 nitrogen and oxygen atoms in total. The number of benzene rings is 4. The maximum absolute atomic E-state index is 13.5. The van der Waals surface area contributed by atoms with Crippen molar-refractivity contribution in [2.75, 3.05) is 0 Å². The van der Waals surface area contributed by atoms with Crippen molar-refractivity contribution in [3.8, 4) is 34.1 Å². The lowest BCUT2D eigenvalue weighted by atomic mass is 10.0. The van der Waals surface area contributed by atoms with Gasteiger partial charge in [-0.2, -0.15) is 14.6 Å². The van der Waals surface area contributed by atoms with Crippen LogP contribution in [0.2, 0.25) is 0 Å². The minimum Gasteiger partial charge on any atom is -0.426 e. The summed E-state index contributed by atoms with van der Waals surface area (Å²) in [4.78, 5) is 30.0. The Balaban J connectivity index is 1.36. The van der Waals surface area contributed by atoms with Gasteiger partial charge in [0.1, 0.15) is 11.4 Å². The van der Waals surface area contributed by atoms with E-state index in [9.17, 15) is 9.59 Å². The van der Waals surface area contributed by atoms with Crippen LogP contribution in [0, 0.1) is 0 Å². The third-order valence-corrected chi connectivity index (χ3v) is 7.60. The molecule has 0 aliphatic heterocycles. The fourth-order valence-corrected chi connectivity index (χ4v) is 5.65. The molecule has 3 aromatic heterocycles. The van der Waals surface area contributed by atoms with E-state index in [1.54, 1.807) is 24.3 Å². The quantitative estimate of drug-likeness (QED) is 0.212. The number of carbonyl (C=O) groups excluding carboxylic acids is 1. The van der Waals surface area contributed by atoms with Crippen LogP contribution in [0.3, 0.4) is 0 Å². The van der Waals surface area contributed by atoms with E-state index in [4.69, 9.17) is 9.84 Å². The highest BCUT2D eigenvalue weighted by atomic mass is 32.1. The highest BCUT2D eigenvalue weighted by Gasteiger charge is 2.17. The highest BCUT2D eigenvalue weighted by Crippen LogP contribution is 2.29. The SMILES string of the molecule is CC(=O)Oc1ccccc1-c1nc2s/c(=C\c3cn(-c4ccccc4)nc3-c3ccc4ccccc4c3)c(=O)n2n1. The van der Waals surface area contributed by atoms with Gasteiger partial charge in [0.15, 0.2) is 5.82 Å². The molecule has 0 aliphatic carbocycles. The first-order valence-corrected chi connectivity index (χ1v) is 13.7. The first-order chi connectivity index (χ1) is 20.0. The standard InChI is InChI=1S/C32H21N5O3S/c1-20(38)40-27-14-8-7-13-26(27)30-33-32-37(35-30)31(39)28(41-32)18-24-19-36(25-11-3-2-4-12-25)34-29(24)23-16-15-21-9-5-6-10-22(21)17-23/h2-19H,1H3/b28-18-. The second kappa shape index (κ2) is 9.96. The zero-order valence-corrected chi connectivity index (χ0v) is 22.6. The fraction of sp³-hybridized carbons (Fsp3) is 0.0312. The number of aromatic nitrogens is 5. The second-order valence-corrected chi connectivity index (χ2v) is 10.4. The Morgan fingerprint density at radius 3 is 2.44 bits per heavy atom. The number of hydrogen-bond donors (Lipinski definition) is 0. The summed E-state index contributed by atoms with van der Waals surface area (Å²) in [6, 6.07) is 31.2. The molecule has 9 heteroatoms. The Hall–Kier alpha value is -5.41. The van der Waals surface area contributed by atoms with Crippen molar-refractivity contribution < 1.29 is 9.53 Å². The predicted octanol–water partition coefficient (Wildman–Crippen LogP) is 5.30. The van der Waals surface area contributed by atoms with Gasteiger partial charge in [-0.15, -0.1) is 5.10 Å². The molecular weight excluding hydrogens is 534 g/mol. The molecule has 0 bridgehead atoms. The van der Waals surface area contributed by atoms with Crippen molar-refractivity contribution in [1.82, 2.24) is 24.4 Å². The zero-order chi connectivity index (χ0) is 27.9. The van der Waals surface area contributed by atoms with E-state index in [2.05, 4.69) is 34.3 Å². The second-order valence-electron chi connectivity index (χ2n) is 9.41. The summed E-state index contributed by atoms with van der Waals surface area (Å²) in [7, 11) is 0. The number of ether oxygens (including phenoxy) is 1. The Morgan fingerprint density at radius 2 is 1.63 bits per heavy atom. The highest BCUT2D eigenvalue weighted by molar-refractivity contribution is 7.15. The molecular formula is C32H21N5O3S. The molecule has 41 heavy (non-hydrogen) atoms. The number of fused-ring (bicyclic) bond motifs is 2. The average Bonchev–Trinajstić information content (AvgIpc) is 3.68. The van der Waals surface area contributed by atoms with E-state index in [1.807, 2.05) is 65.5 Å². The summed E-state index contributed by atoms with van der Waals surface area (Å²) in [5.41, 5.74) is 3.66. The van der Waals surface area contributed by atoms with Gasteiger partial charge in [0, 0.05) is 24.2 Å². The van der Waals surface area contributed by atoms with Crippen molar-refractivity contribution in [3.05, 3.63) is 124 Å². The summed E-state index contributed by atoms with van der Waals surface area (Å²) in [6.07, 6.45) is 3.77. The predicted molar refractivity (Wildman–Crippen MR) is 159 cm³/mol. The summed E-state index contributed by atoms with van der Waals surface area (Å²) in [5, 5.41) is 11.6. The van der Waals surface area contributed by atoms with Crippen molar-refractivity contribution in [2.24, 2.45) is 0 Å². The van der Waals surface area contributed by atoms with Crippen molar-refractivity contribution in [2.45, 2.75) is 6.92 Å². The van der Waals surface area contributed by atoms with Crippen LogP contribution in [0.5, 0.6) is 5.75 Å². The van der Waals surface area contributed by atoms with Crippen LogP contribution in [0.1, 0.15) is 12.5 Å². The monoisotopic (exact) mass is 555 g/mol. The molecule has 3 heterocycles. The van der Waals surface area contributed by atoms with E-state index in [0.29, 0.717) is 26.6 Å². The maximum atomic E-state index is 13.5. The lowest BCUT2D eigenvalue weighted by Crippen LogP contribution is -2.23. The molecule has 0 saturated carbocycles. The van der Waals surface area contributed by atoms with Crippen LogP contribution in [0.25, 0.3) is 50.1 Å². The van der Waals surface area contributed by atoms with Gasteiger partial charge in [-0.05, 0) is 47.2 Å². The van der Waals surface area contributed by atoms with Crippen molar-refractivity contribution in [1.29, 1.82) is 0 Å². The molecule has 0 fully saturated rings. The van der Waals surface area contributed by atoms with Crippen LogP contribution in [0.15, 0.2) is 108 Å². The molecule has 7 rings (SSSR count). The fourth-order valence-electron chi connectivity index (χ4n) is 4.75. The van der Waals surface area contributed by atoms with Crippen LogP contribution in [-0.2, 0) is 4.79 Å². The number of rotatable bonds is 5. The van der Waals surface area contributed by atoms with Gasteiger partial charge in [-0.25, -0.2) is 4.68 Å². The van der Waals surface area contributed by atoms with Crippen molar-refractivity contribution in [3.63, 3.8) is 0 Å². The molecule has 0 amide bonds. The Morgan fingerprint density at radius 1 is 0.878 bits per heavy atom. The van der Waals surface area contributed by atoms with Gasteiger partial charge < -0.3 is 4.74 Å². The van der Waals surface area contributed by atoms with Crippen LogP contribution < -0.4 is 14.8 Å². The summed E-state index contributed by atoms with van der Waals surface area (Å²) in [5.74, 6) is 0.203. The van der Waals surface area contributed by atoms with Gasteiger partial charge in [-0.3, -0.25) is 9.59 Å². The Kier molecular flexibility index (Phi) is 5.98. The number of esters is 1. The smallest absolute Gasteiger partial charge is 0.308 e. The zero-order valence-electron chi connectivity index (χ0n) is 21.8. The molecule has 0 saturated heterocycles. The maximum Gasteiger partial charge on any atom is 0.308 e. The third kappa shape index (κ3) is 4.58. The van der Waals surface area contributed by atoms with E-state index < -0.39 is 5.97 Å². The average molecular weight is 556 g/mol. The number of thiazole rings is 1. The van der Waals surface area contributed by atoms with E-state index in [1.165, 1.54) is 22.8 Å².